The van der Waals surface area contributed by atoms with Crippen molar-refractivity contribution in [3.63, 3.8) is 0 Å². The molecular formula is C19H14F2N4O2S2. The minimum Gasteiger partial charge on any atom is -0.324 e. The molecule has 148 valence electrons. The quantitative estimate of drug-likeness (QED) is 0.393. The van der Waals surface area contributed by atoms with Crippen LogP contribution in [0.1, 0.15) is 16.7 Å². The van der Waals surface area contributed by atoms with Gasteiger partial charge in [0.25, 0.3) is 11.1 Å². The number of aryl methyl sites for hydroxylation is 2. The molecule has 3 heterocycles. The molecule has 3 aromatic heterocycles. The van der Waals surface area contributed by atoms with Crippen molar-refractivity contribution in [2.24, 2.45) is 0 Å². The van der Waals surface area contributed by atoms with E-state index in [0.29, 0.717) is 21.3 Å². The zero-order valence-electron chi connectivity index (χ0n) is 15.3. The summed E-state index contributed by atoms with van der Waals surface area (Å²) in [5, 5.41) is 0.294. The van der Waals surface area contributed by atoms with Crippen molar-refractivity contribution in [2.45, 2.75) is 24.8 Å². The van der Waals surface area contributed by atoms with E-state index in [9.17, 15) is 18.4 Å². The fraction of sp³-hybridized carbons (Fsp3) is 0.158. The lowest BCUT2D eigenvalue weighted by atomic mass is 10.0. The molecule has 0 amide bonds. The van der Waals surface area contributed by atoms with E-state index in [-0.39, 0.29) is 11.5 Å². The van der Waals surface area contributed by atoms with Crippen molar-refractivity contribution in [1.29, 1.82) is 0 Å². The van der Waals surface area contributed by atoms with Crippen LogP contribution in [0.2, 0.25) is 0 Å². The SMILES string of the molecule is Cc1cc(F)cc(C)c1CSc1nc2ncsc2c(=O)n1-c1c[nH]c(=O)c(F)c1. The Morgan fingerprint density at radius 1 is 1.17 bits per heavy atom. The Kier molecular flexibility index (Phi) is 5.05. The number of benzene rings is 1. The molecule has 1 aromatic carbocycles. The lowest BCUT2D eigenvalue weighted by Gasteiger charge is -2.13. The van der Waals surface area contributed by atoms with Gasteiger partial charge in [-0.25, -0.2) is 18.7 Å². The van der Waals surface area contributed by atoms with E-state index >= 15 is 0 Å². The zero-order chi connectivity index (χ0) is 20.7. The van der Waals surface area contributed by atoms with Crippen LogP contribution in [0.3, 0.4) is 0 Å². The molecule has 0 aliphatic carbocycles. The predicted molar refractivity (Wildman–Crippen MR) is 109 cm³/mol. The Labute approximate surface area is 171 Å². The first kappa shape index (κ1) is 19.5. The second-order valence-electron chi connectivity index (χ2n) is 6.38. The number of hydrogen-bond acceptors (Lipinski definition) is 6. The number of pyridine rings is 1. The molecule has 0 aliphatic heterocycles. The van der Waals surface area contributed by atoms with Crippen molar-refractivity contribution in [2.75, 3.05) is 0 Å². The van der Waals surface area contributed by atoms with Gasteiger partial charge in [0, 0.05) is 18.0 Å². The topological polar surface area (TPSA) is 80.6 Å². The van der Waals surface area contributed by atoms with Crippen LogP contribution in [0.15, 0.2) is 44.7 Å². The highest BCUT2D eigenvalue weighted by molar-refractivity contribution is 7.98. The third-order valence-corrected chi connectivity index (χ3v) is 6.21. The third-order valence-electron chi connectivity index (χ3n) is 4.45. The summed E-state index contributed by atoms with van der Waals surface area (Å²) in [5.41, 5.74) is 3.19. The third kappa shape index (κ3) is 3.60. The lowest BCUT2D eigenvalue weighted by molar-refractivity contribution is 0.605. The summed E-state index contributed by atoms with van der Waals surface area (Å²) in [4.78, 5) is 35.2. The maximum absolute atomic E-state index is 13.8. The van der Waals surface area contributed by atoms with Gasteiger partial charge < -0.3 is 4.98 Å². The first-order valence-electron chi connectivity index (χ1n) is 8.48. The largest absolute Gasteiger partial charge is 0.324 e. The number of thiazole rings is 1. The number of fused-ring (bicyclic) bond motifs is 1. The molecule has 4 rings (SSSR count). The van der Waals surface area contributed by atoms with Crippen LogP contribution < -0.4 is 11.1 Å². The number of aromatic nitrogens is 4. The second kappa shape index (κ2) is 7.53. The van der Waals surface area contributed by atoms with Crippen molar-refractivity contribution in [3.05, 3.63) is 78.9 Å². The summed E-state index contributed by atoms with van der Waals surface area (Å²) in [6, 6.07) is 3.89. The molecule has 0 radical (unpaired) electrons. The molecule has 0 bridgehead atoms. The monoisotopic (exact) mass is 432 g/mol. The summed E-state index contributed by atoms with van der Waals surface area (Å²) in [6.45, 7) is 3.63. The summed E-state index contributed by atoms with van der Waals surface area (Å²) < 4.78 is 29.0. The Morgan fingerprint density at radius 3 is 2.59 bits per heavy atom. The number of halogens is 2. The molecule has 0 fully saturated rings. The van der Waals surface area contributed by atoms with Crippen LogP contribution >= 0.6 is 23.1 Å². The molecular weight excluding hydrogens is 418 g/mol. The Balaban J connectivity index is 1.84. The van der Waals surface area contributed by atoms with E-state index in [1.807, 2.05) is 13.8 Å². The van der Waals surface area contributed by atoms with Crippen LogP contribution in [0.4, 0.5) is 8.78 Å². The first-order valence-corrected chi connectivity index (χ1v) is 10.3. The standard InChI is InChI=1S/C19H14F2N4O2S2/c1-9-3-11(20)4-10(2)13(9)7-28-19-24-16-15(29-8-23-16)18(27)25(19)12-5-14(21)17(26)22-6-12/h3-6,8H,7H2,1-2H3,(H,22,26). The van der Waals surface area contributed by atoms with E-state index in [1.54, 1.807) is 0 Å². The maximum atomic E-state index is 13.8. The molecule has 0 atom stereocenters. The van der Waals surface area contributed by atoms with Gasteiger partial charge in [-0.15, -0.1) is 11.3 Å². The maximum Gasteiger partial charge on any atom is 0.284 e. The van der Waals surface area contributed by atoms with Crippen LogP contribution in [0.5, 0.6) is 0 Å². The molecule has 0 spiro atoms. The molecule has 0 saturated heterocycles. The van der Waals surface area contributed by atoms with E-state index in [4.69, 9.17) is 0 Å². The molecule has 1 N–H and O–H groups in total. The fourth-order valence-corrected chi connectivity index (χ4v) is 4.85. The summed E-state index contributed by atoms with van der Waals surface area (Å²) >= 11 is 2.39. The van der Waals surface area contributed by atoms with Crippen molar-refractivity contribution in [3.8, 4) is 5.69 Å². The molecule has 6 nitrogen and oxygen atoms in total. The van der Waals surface area contributed by atoms with Crippen LogP contribution in [0.25, 0.3) is 16.0 Å². The molecule has 0 aliphatic rings. The number of rotatable bonds is 4. The van der Waals surface area contributed by atoms with Crippen LogP contribution in [-0.4, -0.2) is 19.5 Å². The lowest BCUT2D eigenvalue weighted by Crippen LogP contribution is -2.23. The average Bonchev–Trinajstić information content (AvgIpc) is 3.12. The van der Waals surface area contributed by atoms with Gasteiger partial charge in [0.05, 0.1) is 11.2 Å². The van der Waals surface area contributed by atoms with Gasteiger partial charge in [-0.3, -0.25) is 14.2 Å². The predicted octanol–water partition coefficient (Wildman–Crippen LogP) is 3.72. The Bertz CT molecular complexity index is 1340. The average molecular weight is 432 g/mol. The number of nitrogens with zero attached hydrogens (tertiary/aromatic N) is 3. The van der Waals surface area contributed by atoms with E-state index < -0.39 is 16.9 Å². The highest BCUT2D eigenvalue weighted by Crippen LogP contribution is 2.28. The summed E-state index contributed by atoms with van der Waals surface area (Å²) in [7, 11) is 0. The van der Waals surface area contributed by atoms with Gasteiger partial charge in [0.1, 0.15) is 10.5 Å². The molecule has 0 unspecified atom stereocenters. The number of thioether (sulfide) groups is 1. The Morgan fingerprint density at radius 2 is 1.90 bits per heavy atom. The van der Waals surface area contributed by atoms with E-state index in [0.717, 1.165) is 34.1 Å². The van der Waals surface area contributed by atoms with Crippen LogP contribution in [0, 0.1) is 25.5 Å². The van der Waals surface area contributed by atoms with Crippen molar-refractivity contribution in [1.82, 2.24) is 19.5 Å². The normalized spacial score (nSPS) is 11.3. The van der Waals surface area contributed by atoms with Crippen LogP contribution in [-0.2, 0) is 5.75 Å². The Hall–Kier alpha value is -2.85. The van der Waals surface area contributed by atoms with Crippen molar-refractivity contribution >= 4 is 33.4 Å². The smallest absolute Gasteiger partial charge is 0.284 e. The van der Waals surface area contributed by atoms with E-state index in [1.165, 1.54) is 40.2 Å². The van der Waals surface area contributed by atoms with Gasteiger partial charge in [-0.2, -0.15) is 0 Å². The summed E-state index contributed by atoms with van der Waals surface area (Å²) in [6.07, 6.45) is 1.26. The fourth-order valence-electron chi connectivity index (χ4n) is 3.00. The second-order valence-corrected chi connectivity index (χ2v) is 8.18. The van der Waals surface area contributed by atoms with E-state index in [2.05, 4.69) is 15.0 Å². The minimum absolute atomic E-state index is 0.157. The molecule has 10 heteroatoms. The molecule has 4 aromatic rings. The number of H-pyrrole nitrogens is 1. The van der Waals surface area contributed by atoms with Gasteiger partial charge in [0.2, 0.25) is 0 Å². The summed E-state index contributed by atoms with van der Waals surface area (Å²) in [5.74, 6) is -0.886. The van der Waals surface area contributed by atoms with Gasteiger partial charge in [-0.1, -0.05) is 11.8 Å². The molecule has 0 saturated carbocycles. The zero-order valence-corrected chi connectivity index (χ0v) is 17.0. The van der Waals surface area contributed by atoms with Gasteiger partial charge in [0.15, 0.2) is 16.6 Å². The molecule has 29 heavy (non-hydrogen) atoms. The highest BCUT2D eigenvalue weighted by Gasteiger charge is 2.17. The minimum atomic E-state index is -1.00. The van der Waals surface area contributed by atoms with Gasteiger partial charge >= 0.3 is 0 Å². The van der Waals surface area contributed by atoms with Crippen molar-refractivity contribution < 1.29 is 8.78 Å². The number of nitrogens with one attached hydrogen (secondary N) is 1. The number of aromatic amines is 1. The first-order chi connectivity index (χ1) is 13.8. The highest BCUT2D eigenvalue weighted by atomic mass is 32.2. The van der Waals surface area contributed by atoms with Gasteiger partial charge in [-0.05, 0) is 42.7 Å². The number of hydrogen-bond donors (Lipinski definition) is 1.